The van der Waals surface area contributed by atoms with E-state index in [9.17, 15) is 15.0 Å². The minimum absolute atomic E-state index is 0.183. The van der Waals surface area contributed by atoms with E-state index in [1.807, 2.05) is 24.3 Å². The van der Waals surface area contributed by atoms with Crippen molar-refractivity contribution >= 4 is 11.7 Å². The number of benzene rings is 2. The maximum Gasteiger partial charge on any atom is 0.335 e. The summed E-state index contributed by atoms with van der Waals surface area (Å²) in [6, 6.07) is 19.0. The first-order chi connectivity index (χ1) is 14.6. The number of hydrogen-bond donors (Lipinski definition) is 3. The quantitative estimate of drug-likeness (QED) is 0.561. The molecule has 0 aliphatic carbocycles. The molecule has 3 aromatic rings. The molecule has 2 heterocycles. The first-order valence-electron chi connectivity index (χ1n) is 10.1. The highest BCUT2D eigenvalue weighted by atomic mass is 16.4. The van der Waals surface area contributed by atoms with Gasteiger partial charge in [0.05, 0.1) is 17.4 Å². The minimum atomic E-state index is -0.997. The molecule has 1 aliphatic rings. The molecule has 0 bridgehead atoms. The molecule has 2 aromatic carbocycles. The first-order valence-corrected chi connectivity index (χ1v) is 10.1. The largest absolute Gasteiger partial charge is 0.478 e. The van der Waals surface area contributed by atoms with Gasteiger partial charge < -0.3 is 15.5 Å². The van der Waals surface area contributed by atoms with Gasteiger partial charge in [-0.3, -0.25) is 9.88 Å². The normalized spacial score (nSPS) is 14.7. The molecule has 0 radical (unpaired) electrons. The minimum Gasteiger partial charge on any atom is -0.478 e. The van der Waals surface area contributed by atoms with E-state index in [1.54, 1.807) is 18.3 Å². The lowest BCUT2D eigenvalue weighted by Gasteiger charge is -2.30. The molecule has 0 spiro atoms. The fraction of sp³-hybridized carbons (Fsp3) is 0.250. The van der Waals surface area contributed by atoms with Crippen molar-refractivity contribution in [1.29, 1.82) is 0 Å². The lowest BCUT2D eigenvalue weighted by atomic mass is 10.00. The smallest absolute Gasteiger partial charge is 0.335 e. The monoisotopic (exact) mass is 403 g/mol. The lowest BCUT2D eigenvalue weighted by Crippen LogP contribution is -2.39. The summed E-state index contributed by atoms with van der Waals surface area (Å²) in [6.45, 7) is 2.66. The average molecular weight is 403 g/mol. The van der Waals surface area contributed by atoms with Gasteiger partial charge in [0.15, 0.2) is 0 Å². The van der Waals surface area contributed by atoms with Crippen molar-refractivity contribution in [3.8, 4) is 11.3 Å². The average Bonchev–Trinajstić information content (AvgIpc) is 2.78. The highest BCUT2D eigenvalue weighted by Crippen LogP contribution is 2.24. The molecule has 3 N–H and O–H groups in total. The predicted molar refractivity (Wildman–Crippen MR) is 117 cm³/mol. The number of anilines is 1. The molecule has 0 saturated carbocycles. The van der Waals surface area contributed by atoms with Gasteiger partial charge in [0.1, 0.15) is 0 Å². The molecule has 154 valence electrons. The van der Waals surface area contributed by atoms with Crippen LogP contribution in [0, 0.1) is 0 Å². The van der Waals surface area contributed by atoms with Gasteiger partial charge >= 0.3 is 5.97 Å². The van der Waals surface area contributed by atoms with Crippen molar-refractivity contribution in [2.75, 3.05) is 25.0 Å². The van der Waals surface area contributed by atoms with Crippen LogP contribution in [-0.2, 0) is 13.0 Å². The van der Waals surface area contributed by atoms with E-state index in [-0.39, 0.29) is 5.56 Å². The van der Waals surface area contributed by atoms with Crippen molar-refractivity contribution in [3.05, 3.63) is 83.6 Å². The Bertz CT molecular complexity index is 1020. The number of β-amino-alcohol motifs (C(OH)–C–C–N with tert-alkyl or cyclic N) is 1. The van der Waals surface area contributed by atoms with Crippen LogP contribution in [0.3, 0.4) is 0 Å². The molecule has 1 unspecified atom stereocenters. The van der Waals surface area contributed by atoms with Gasteiger partial charge in [0, 0.05) is 43.6 Å². The van der Waals surface area contributed by atoms with Crippen molar-refractivity contribution in [3.63, 3.8) is 0 Å². The van der Waals surface area contributed by atoms with E-state index in [1.165, 1.54) is 11.1 Å². The van der Waals surface area contributed by atoms with Crippen LogP contribution in [0.2, 0.25) is 0 Å². The number of carbonyl (C=O) groups is 1. The Labute approximate surface area is 175 Å². The van der Waals surface area contributed by atoms with Crippen molar-refractivity contribution in [2.24, 2.45) is 0 Å². The zero-order valence-corrected chi connectivity index (χ0v) is 16.7. The summed E-state index contributed by atoms with van der Waals surface area (Å²) in [6.07, 6.45) is 2.10. The third kappa shape index (κ3) is 4.84. The van der Waals surface area contributed by atoms with Crippen LogP contribution >= 0.6 is 0 Å². The zero-order chi connectivity index (χ0) is 20.9. The predicted octanol–water partition coefficient (Wildman–Crippen LogP) is 3.28. The maximum absolute atomic E-state index is 11.5. The molecule has 6 nitrogen and oxygen atoms in total. The number of hydrogen-bond acceptors (Lipinski definition) is 5. The third-order valence-corrected chi connectivity index (χ3v) is 5.36. The van der Waals surface area contributed by atoms with E-state index in [2.05, 4.69) is 39.5 Å². The van der Waals surface area contributed by atoms with Crippen LogP contribution in [0.4, 0.5) is 5.69 Å². The van der Waals surface area contributed by atoms with Crippen molar-refractivity contribution in [1.82, 2.24) is 9.88 Å². The number of aromatic nitrogens is 1. The van der Waals surface area contributed by atoms with Gasteiger partial charge in [-0.25, -0.2) is 4.79 Å². The summed E-state index contributed by atoms with van der Waals surface area (Å²) in [4.78, 5) is 18.1. The molecule has 30 heavy (non-hydrogen) atoms. The Morgan fingerprint density at radius 2 is 1.90 bits per heavy atom. The Morgan fingerprint density at radius 3 is 2.67 bits per heavy atom. The molecule has 0 fully saturated rings. The van der Waals surface area contributed by atoms with Crippen LogP contribution in [0.5, 0.6) is 0 Å². The molecule has 0 amide bonds. The number of rotatable bonds is 7. The Balaban J connectivity index is 1.40. The molecular weight excluding hydrogens is 378 g/mol. The van der Waals surface area contributed by atoms with Crippen LogP contribution in [0.1, 0.15) is 21.5 Å². The summed E-state index contributed by atoms with van der Waals surface area (Å²) in [5.74, 6) is -0.997. The summed E-state index contributed by atoms with van der Waals surface area (Å²) < 4.78 is 0. The number of aliphatic hydroxyl groups is 1. The highest BCUT2D eigenvalue weighted by molar-refractivity contribution is 5.91. The lowest BCUT2D eigenvalue weighted by molar-refractivity contribution is 0.0697. The second-order valence-corrected chi connectivity index (χ2v) is 7.61. The summed E-state index contributed by atoms with van der Waals surface area (Å²) >= 11 is 0. The Hall–Kier alpha value is -3.22. The Morgan fingerprint density at radius 1 is 1.10 bits per heavy atom. The number of pyridine rings is 1. The number of nitrogens with one attached hydrogen (secondary N) is 1. The fourth-order valence-electron chi connectivity index (χ4n) is 3.84. The van der Waals surface area contributed by atoms with E-state index < -0.39 is 12.1 Å². The van der Waals surface area contributed by atoms with Crippen LogP contribution in [0.25, 0.3) is 11.3 Å². The first kappa shape index (κ1) is 20.1. The number of carboxylic acid groups (broad SMARTS) is 1. The van der Waals surface area contributed by atoms with Gasteiger partial charge in [0.2, 0.25) is 0 Å². The number of aliphatic hydroxyl groups excluding tert-OH is 1. The molecule has 0 saturated heterocycles. The standard InChI is InChI=1S/C24H25N3O3/c28-22(16-27-10-8-17-5-1-2-6-18(17)15-27)14-26-21-12-19(11-20(13-21)24(29)30)23-7-3-4-9-25-23/h1-7,9,11-13,22,26,28H,8,10,14-16H2,(H,29,30). The topological polar surface area (TPSA) is 85.7 Å². The Kier molecular flexibility index (Phi) is 6.07. The van der Waals surface area contributed by atoms with Crippen LogP contribution in [0.15, 0.2) is 66.9 Å². The van der Waals surface area contributed by atoms with Gasteiger partial charge in [0.25, 0.3) is 0 Å². The molecular formula is C24H25N3O3. The van der Waals surface area contributed by atoms with Gasteiger partial charge in [-0.2, -0.15) is 0 Å². The SMILES string of the molecule is O=C(O)c1cc(NCC(O)CN2CCc3ccccc3C2)cc(-c2ccccn2)c1. The van der Waals surface area contributed by atoms with Crippen molar-refractivity contribution < 1.29 is 15.0 Å². The fourth-order valence-corrected chi connectivity index (χ4v) is 3.84. The second-order valence-electron chi connectivity index (χ2n) is 7.61. The van der Waals surface area contributed by atoms with E-state index in [0.717, 1.165) is 25.1 Å². The highest BCUT2D eigenvalue weighted by Gasteiger charge is 2.18. The zero-order valence-electron chi connectivity index (χ0n) is 16.7. The van der Waals surface area contributed by atoms with Crippen molar-refractivity contribution in [2.45, 2.75) is 19.1 Å². The number of aromatic carboxylic acids is 1. The van der Waals surface area contributed by atoms with Gasteiger partial charge in [-0.15, -0.1) is 0 Å². The maximum atomic E-state index is 11.5. The van der Waals surface area contributed by atoms with E-state index >= 15 is 0 Å². The summed E-state index contributed by atoms with van der Waals surface area (Å²) in [5.41, 5.74) is 4.96. The van der Waals surface area contributed by atoms with Gasteiger partial charge in [-0.05, 0) is 47.9 Å². The molecule has 4 rings (SSSR count). The molecule has 1 atom stereocenters. The van der Waals surface area contributed by atoms with Crippen LogP contribution < -0.4 is 5.32 Å². The van der Waals surface area contributed by atoms with Gasteiger partial charge in [-0.1, -0.05) is 30.3 Å². The summed E-state index contributed by atoms with van der Waals surface area (Å²) in [5, 5.41) is 23.2. The summed E-state index contributed by atoms with van der Waals surface area (Å²) in [7, 11) is 0. The molecule has 1 aromatic heterocycles. The number of carboxylic acids is 1. The molecule has 1 aliphatic heterocycles. The third-order valence-electron chi connectivity index (χ3n) is 5.36. The molecule has 6 heteroatoms. The van der Waals surface area contributed by atoms with E-state index in [0.29, 0.717) is 24.5 Å². The van der Waals surface area contributed by atoms with E-state index in [4.69, 9.17) is 0 Å². The number of nitrogens with zero attached hydrogens (tertiary/aromatic N) is 2. The second kappa shape index (κ2) is 9.07. The van der Waals surface area contributed by atoms with Crippen LogP contribution in [-0.4, -0.2) is 51.8 Å². The number of fused-ring (bicyclic) bond motifs is 1.